The number of amides is 1. The Morgan fingerprint density at radius 1 is 0.972 bits per heavy atom. The van der Waals surface area contributed by atoms with Gasteiger partial charge < -0.3 is 10.1 Å². The first-order chi connectivity index (χ1) is 17.5. The highest BCUT2D eigenvalue weighted by atomic mass is 32.1. The molecule has 0 bridgehead atoms. The monoisotopic (exact) mass is 499 g/mol. The highest BCUT2D eigenvalue weighted by Gasteiger charge is 2.18. The first-order valence-corrected chi connectivity index (χ1v) is 12.4. The van der Waals surface area contributed by atoms with Crippen LogP contribution in [0.3, 0.4) is 0 Å². The number of fused-ring (bicyclic) bond motifs is 2. The van der Waals surface area contributed by atoms with E-state index in [0.717, 1.165) is 39.0 Å². The third-order valence-electron chi connectivity index (χ3n) is 6.33. The highest BCUT2D eigenvalue weighted by Crippen LogP contribution is 2.23. The fourth-order valence-electron chi connectivity index (χ4n) is 4.35. The van der Waals surface area contributed by atoms with Gasteiger partial charge in [-0.25, -0.2) is 4.79 Å². The molecular formula is C28H25N3O4S. The van der Waals surface area contributed by atoms with Gasteiger partial charge in [0.25, 0.3) is 11.5 Å². The van der Waals surface area contributed by atoms with Crippen molar-refractivity contribution in [3.8, 4) is 5.75 Å². The van der Waals surface area contributed by atoms with Crippen LogP contribution in [0.25, 0.3) is 21.0 Å². The van der Waals surface area contributed by atoms with Crippen LogP contribution in [0.2, 0.25) is 0 Å². The van der Waals surface area contributed by atoms with Crippen molar-refractivity contribution < 1.29 is 9.53 Å². The van der Waals surface area contributed by atoms with Gasteiger partial charge in [0.2, 0.25) is 0 Å². The number of methoxy groups -OCH3 is 1. The number of carbonyl (C=O) groups is 1. The predicted molar refractivity (Wildman–Crippen MR) is 143 cm³/mol. The highest BCUT2D eigenvalue weighted by molar-refractivity contribution is 7.20. The molecule has 2 aromatic heterocycles. The molecule has 0 fully saturated rings. The summed E-state index contributed by atoms with van der Waals surface area (Å²) in [4.78, 5) is 40.0. The van der Waals surface area contributed by atoms with Crippen LogP contribution >= 0.6 is 11.3 Å². The van der Waals surface area contributed by atoms with Crippen LogP contribution in [-0.2, 0) is 26.6 Å². The summed E-state index contributed by atoms with van der Waals surface area (Å²) < 4.78 is 7.86. The molecule has 1 amide bonds. The normalized spacial score (nSPS) is 11.2. The zero-order valence-electron chi connectivity index (χ0n) is 20.0. The SMILES string of the molecule is COc1ccc(CNC(=O)c2cc3c(=O)n(CCc4cccc5ccccc45)c(=O)n(C)c3s2)cc1. The van der Waals surface area contributed by atoms with Crippen molar-refractivity contribution in [2.75, 3.05) is 7.11 Å². The number of ether oxygens (including phenoxy) is 1. The zero-order valence-corrected chi connectivity index (χ0v) is 20.8. The Bertz CT molecular complexity index is 1690. The molecule has 8 heteroatoms. The summed E-state index contributed by atoms with van der Waals surface area (Å²) in [5.74, 6) is 0.452. The van der Waals surface area contributed by atoms with Gasteiger partial charge in [-0.05, 0) is 46.5 Å². The second-order valence-corrected chi connectivity index (χ2v) is 9.58. The number of nitrogens with one attached hydrogen (secondary N) is 1. The first kappa shape index (κ1) is 23.6. The van der Waals surface area contributed by atoms with Crippen LogP contribution in [0.5, 0.6) is 5.75 Å². The summed E-state index contributed by atoms with van der Waals surface area (Å²) in [6.45, 7) is 0.593. The molecule has 3 aromatic carbocycles. The molecule has 1 N–H and O–H groups in total. The Balaban J connectivity index is 1.40. The Hall–Kier alpha value is -4.17. The number of thiophene rings is 1. The van der Waals surface area contributed by atoms with E-state index < -0.39 is 0 Å². The lowest BCUT2D eigenvalue weighted by Gasteiger charge is -2.10. The van der Waals surface area contributed by atoms with Gasteiger partial charge in [0.15, 0.2) is 0 Å². The average molecular weight is 500 g/mol. The van der Waals surface area contributed by atoms with Gasteiger partial charge in [-0.1, -0.05) is 54.6 Å². The summed E-state index contributed by atoms with van der Waals surface area (Å²) in [6, 6.07) is 23.1. The Labute approximate surface area is 211 Å². The second-order valence-electron chi connectivity index (χ2n) is 8.55. The number of hydrogen-bond acceptors (Lipinski definition) is 5. The average Bonchev–Trinajstić information content (AvgIpc) is 3.37. The smallest absolute Gasteiger partial charge is 0.331 e. The first-order valence-electron chi connectivity index (χ1n) is 11.6. The molecule has 2 heterocycles. The summed E-state index contributed by atoms with van der Waals surface area (Å²) in [6.07, 6.45) is 0.543. The summed E-state index contributed by atoms with van der Waals surface area (Å²) in [5.41, 5.74) is 1.23. The molecule has 5 aromatic rings. The number of hydrogen-bond donors (Lipinski definition) is 1. The lowest BCUT2D eigenvalue weighted by molar-refractivity contribution is 0.0955. The molecule has 5 rings (SSSR count). The maximum absolute atomic E-state index is 13.3. The van der Waals surface area contributed by atoms with E-state index in [4.69, 9.17) is 4.74 Å². The fraction of sp³-hybridized carbons (Fsp3) is 0.179. The standard InChI is InChI=1S/C28H25N3O4S/c1-30-27-23(16-24(36-27)25(32)29-17-18-10-12-21(35-2)13-11-18)26(33)31(28(30)34)15-14-20-8-5-7-19-6-3-4-9-22(19)20/h3-13,16H,14-15,17H2,1-2H3,(H,29,32). The van der Waals surface area contributed by atoms with E-state index >= 15 is 0 Å². The molecule has 0 aliphatic rings. The van der Waals surface area contributed by atoms with Crippen molar-refractivity contribution in [2.24, 2.45) is 7.05 Å². The summed E-state index contributed by atoms with van der Waals surface area (Å²) >= 11 is 1.14. The molecule has 0 saturated heterocycles. The number of rotatable bonds is 7. The van der Waals surface area contributed by atoms with Crippen molar-refractivity contribution in [3.63, 3.8) is 0 Å². The van der Waals surface area contributed by atoms with Crippen LogP contribution in [0, 0.1) is 0 Å². The van der Waals surface area contributed by atoms with E-state index in [1.54, 1.807) is 20.2 Å². The van der Waals surface area contributed by atoms with Gasteiger partial charge in [0.1, 0.15) is 10.6 Å². The number of aryl methyl sites for hydroxylation is 2. The van der Waals surface area contributed by atoms with Crippen molar-refractivity contribution in [1.29, 1.82) is 0 Å². The number of nitrogens with zero attached hydrogens (tertiary/aromatic N) is 2. The largest absolute Gasteiger partial charge is 0.497 e. The molecule has 7 nitrogen and oxygen atoms in total. The van der Waals surface area contributed by atoms with Crippen LogP contribution in [0.1, 0.15) is 20.8 Å². The molecule has 0 saturated carbocycles. The van der Waals surface area contributed by atoms with Crippen LogP contribution in [0.15, 0.2) is 82.4 Å². The molecule has 0 aliphatic heterocycles. The van der Waals surface area contributed by atoms with E-state index in [9.17, 15) is 14.4 Å². The van der Waals surface area contributed by atoms with Gasteiger partial charge in [0, 0.05) is 20.1 Å². The molecule has 0 radical (unpaired) electrons. The second kappa shape index (κ2) is 9.83. The topological polar surface area (TPSA) is 82.3 Å². The molecule has 0 spiro atoms. The van der Waals surface area contributed by atoms with E-state index in [1.165, 1.54) is 9.13 Å². The van der Waals surface area contributed by atoms with Crippen molar-refractivity contribution >= 4 is 38.2 Å². The van der Waals surface area contributed by atoms with Crippen molar-refractivity contribution in [3.05, 3.63) is 110 Å². The molecule has 0 atom stereocenters. The molecule has 36 heavy (non-hydrogen) atoms. The summed E-state index contributed by atoms with van der Waals surface area (Å²) in [7, 11) is 3.23. The lowest BCUT2D eigenvalue weighted by Crippen LogP contribution is -2.39. The van der Waals surface area contributed by atoms with Crippen molar-refractivity contribution in [2.45, 2.75) is 19.5 Å². The molecular weight excluding hydrogens is 474 g/mol. The third kappa shape index (κ3) is 4.43. The maximum Gasteiger partial charge on any atom is 0.331 e. The number of benzene rings is 3. The van der Waals surface area contributed by atoms with E-state index in [0.29, 0.717) is 28.1 Å². The van der Waals surface area contributed by atoms with Gasteiger partial charge in [0.05, 0.1) is 17.4 Å². The van der Waals surface area contributed by atoms with Gasteiger partial charge in [-0.15, -0.1) is 11.3 Å². The Kier molecular flexibility index (Phi) is 6.43. The van der Waals surface area contributed by atoms with Crippen LogP contribution < -0.4 is 21.3 Å². The number of aromatic nitrogens is 2. The molecule has 0 unspecified atom stereocenters. The quantitative estimate of drug-likeness (QED) is 0.366. The van der Waals surface area contributed by atoms with Gasteiger partial charge >= 0.3 is 5.69 Å². The Morgan fingerprint density at radius 3 is 2.50 bits per heavy atom. The molecule has 182 valence electrons. The number of carbonyl (C=O) groups excluding carboxylic acids is 1. The van der Waals surface area contributed by atoms with Crippen LogP contribution in [-0.4, -0.2) is 22.2 Å². The van der Waals surface area contributed by atoms with E-state index in [-0.39, 0.29) is 23.7 Å². The van der Waals surface area contributed by atoms with E-state index in [2.05, 4.69) is 5.32 Å². The van der Waals surface area contributed by atoms with Crippen LogP contribution in [0.4, 0.5) is 0 Å². The summed E-state index contributed by atoms with van der Waals surface area (Å²) in [5, 5.41) is 5.48. The van der Waals surface area contributed by atoms with Crippen molar-refractivity contribution in [1.82, 2.24) is 14.5 Å². The predicted octanol–water partition coefficient (Wildman–Crippen LogP) is 4.10. The maximum atomic E-state index is 13.3. The lowest BCUT2D eigenvalue weighted by atomic mass is 10.0. The fourth-order valence-corrected chi connectivity index (χ4v) is 5.37. The Morgan fingerprint density at radius 2 is 1.72 bits per heavy atom. The zero-order chi connectivity index (χ0) is 25.2. The van der Waals surface area contributed by atoms with Gasteiger partial charge in [-0.2, -0.15) is 0 Å². The minimum absolute atomic E-state index is 0.254. The minimum atomic E-state index is -0.389. The molecule has 0 aliphatic carbocycles. The third-order valence-corrected chi connectivity index (χ3v) is 7.54. The van der Waals surface area contributed by atoms with Gasteiger partial charge in [-0.3, -0.25) is 18.7 Å². The minimum Gasteiger partial charge on any atom is -0.497 e. The van der Waals surface area contributed by atoms with E-state index in [1.807, 2.05) is 66.7 Å².